The van der Waals surface area contributed by atoms with E-state index in [1.807, 2.05) is 20.8 Å². The summed E-state index contributed by atoms with van der Waals surface area (Å²) in [4.78, 5) is 0. The third-order valence-corrected chi connectivity index (χ3v) is 2.60. The molecule has 0 saturated carbocycles. The van der Waals surface area contributed by atoms with Crippen molar-refractivity contribution >= 4 is 5.69 Å². The monoisotopic (exact) mass is 279 g/mol. The van der Waals surface area contributed by atoms with E-state index >= 15 is 0 Å². The van der Waals surface area contributed by atoms with E-state index in [0.717, 1.165) is 5.69 Å². The summed E-state index contributed by atoms with van der Waals surface area (Å²) < 4.78 is 26.4. The van der Waals surface area contributed by atoms with Gasteiger partial charge in [0.05, 0.1) is 17.5 Å². The average molecular weight is 279 g/mol. The average Bonchev–Trinajstić information content (AvgIpc) is 2.63. The molecule has 0 saturated heterocycles. The van der Waals surface area contributed by atoms with E-state index in [1.54, 1.807) is 17.8 Å². The molecule has 108 valence electrons. The molecule has 0 aliphatic heterocycles. The van der Waals surface area contributed by atoms with Crippen molar-refractivity contribution in [2.75, 3.05) is 5.73 Å². The van der Waals surface area contributed by atoms with E-state index < -0.39 is 5.82 Å². The van der Waals surface area contributed by atoms with Crippen LogP contribution in [-0.2, 0) is 7.05 Å². The van der Waals surface area contributed by atoms with Crippen molar-refractivity contribution in [3.63, 3.8) is 0 Å². The molecule has 1 aromatic carbocycles. The quantitative estimate of drug-likeness (QED) is 0.874. The number of ether oxygens (including phenoxy) is 2. The second kappa shape index (κ2) is 5.40. The Kier molecular flexibility index (Phi) is 3.83. The zero-order valence-electron chi connectivity index (χ0n) is 12.0. The van der Waals surface area contributed by atoms with Gasteiger partial charge in [-0.3, -0.25) is 0 Å². The van der Waals surface area contributed by atoms with Crippen molar-refractivity contribution in [3.8, 4) is 17.4 Å². The van der Waals surface area contributed by atoms with E-state index in [0.29, 0.717) is 11.6 Å². The topological polar surface area (TPSA) is 62.3 Å². The molecule has 0 fully saturated rings. The number of hydrogen-bond acceptors (Lipinski definition) is 4. The first kappa shape index (κ1) is 14.2. The van der Waals surface area contributed by atoms with E-state index in [4.69, 9.17) is 15.2 Å². The third-order valence-electron chi connectivity index (χ3n) is 2.60. The predicted molar refractivity (Wildman–Crippen MR) is 74.6 cm³/mol. The van der Waals surface area contributed by atoms with Crippen molar-refractivity contribution in [2.24, 2.45) is 7.05 Å². The van der Waals surface area contributed by atoms with Crippen LogP contribution in [0.2, 0.25) is 0 Å². The molecule has 0 aliphatic carbocycles. The molecule has 0 unspecified atom stereocenters. The van der Waals surface area contributed by atoms with Gasteiger partial charge in [-0.05, 0) is 20.8 Å². The number of nitrogens with two attached hydrogens (primary N) is 1. The van der Waals surface area contributed by atoms with Crippen molar-refractivity contribution in [1.82, 2.24) is 9.78 Å². The molecule has 0 spiro atoms. The van der Waals surface area contributed by atoms with Crippen LogP contribution in [0, 0.1) is 12.7 Å². The Morgan fingerprint density at radius 2 is 1.95 bits per heavy atom. The van der Waals surface area contributed by atoms with Crippen LogP contribution in [0.3, 0.4) is 0 Å². The maximum Gasteiger partial charge on any atom is 0.217 e. The van der Waals surface area contributed by atoms with Gasteiger partial charge in [0.1, 0.15) is 0 Å². The molecule has 20 heavy (non-hydrogen) atoms. The zero-order valence-corrected chi connectivity index (χ0v) is 12.0. The predicted octanol–water partition coefficient (Wildman–Crippen LogP) is 3.03. The molecule has 2 aromatic rings. The van der Waals surface area contributed by atoms with Crippen molar-refractivity contribution < 1.29 is 13.9 Å². The SMILES string of the molecule is Cc1cc(Oc2cc(OC(C)C)c(F)cc2N)n(C)n1. The van der Waals surface area contributed by atoms with Crippen molar-refractivity contribution in [2.45, 2.75) is 26.9 Å². The summed E-state index contributed by atoms with van der Waals surface area (Å²) in [6, 6.07) is 4.41. The molecule has 1 heterocycles. The first-order chi connectivity index (χ1) is 9.36. The van der Waals surface area contributed by atoms with Gasteiger partial charge in [0.2, 0.25) is 5.88 Å². The van der Waals surface area contributed by atoms with Crippen molar-refractivity contribution in [3.05, 3.63) is 29.7 Å². The number of halogens is 1. The van der Waals surface area contributed by atoms with E-state index in [-0.39, 0.29) is 17.5 Å². The molecular weight excluding hydrogens is 261 g/mol. The van der Waals surface area contributed by atoms with Gasteiger partial charge in [-0.1, -0.05) is 0 Å². The van der Waals surface area contributed by atoms with Gasteiger partial charge in [-0.15, -0.1) is 0 Å². The summed E-state index contributed by atoms with van der Waals surface area (Å²) in [5.74, 6) is 0.467. The minimum atomic E-state index is -0.510. The maximum atomic E-state index is 13.7. The number of nitrogens with zero attached hydrogens (tertiary/aromatic N) is 2. The van der Waals surface area contributed by atoms with Gasteiger partial charge in [-0.25, -0.2) is 9.07 Å². The molecule has 0 bridgehead atoms. The number of nitrogen functional groups attached to an aromatic ring is 1. The van der Waals surface area contributed by atoms with Crippen molar-refractivity contribution in [1.29, 1.82) is 0 Å². The van der Waals surface area contributed by atoms with E-state index in [1.165, 1.54) is 12.1 Å². The van der Waals surface area contributed by atoms with Gasteiger partial charge < -0.3 is 15.2 Å². The number of anilines is 1. The van der Waals surface area contributed by atoms with Gasteiger partial charge in [0.25, 0.3) is 0 Å². The van der Waals surface area contributed by atoms with Gasteiger partial charge in [0.15, 0.2) is 17.3 Å². The van der Waals surface area contributed by atoms with Crippen LogP contribution >= 0.6 is 0 Å². The van der Waals surface area contributed by atoms with Crippen LogP contribution in [0.25, 0.3) is 0 Å². The summed E-state index contributed by atoms with van der Waals surface area (Å²) in [7, 11) is 1.76. The minimum absolute atomic E-state index is 0.114. The van der Waals surface area contributed by atoms with Crippen LogP contribution in [0.15, 0.2) is 18.2 Å². The largest absolute Gasteiger partial charge is 0.488 e. The lowest BCUT2D eigenvalue weighted by molar-refractivity contribution is 0.230. The Labute approximate surface area is 117 Å². The molecule has 1 aromatic heterocycles. The Morgan fingerprint density at radius 3 is 2.50 bits per heavy atom. The number of aromatic nitrogens is 2. The number of aryl methyl sites for hydroxylation is 2. The fourth-order valence-electron chi connectivity index (χ4n) is 1.78. The van der Waals surface area contributed by atoms with Crippen LogP contribution < -0.4 is 15.2 Å². The Balaban J connectivity index is 2.33. The minimum Gasteiger partial charge on any atom is -0.488 e. The Morgan fingerprint density at radius 1 is 1.25 bits per heavy atom. The Hall–Kier alpha value is -2.24. The highest BCUT2D eigenvalue weighted by Gasteiger charge is 2.14. The summed E-state index contributed by atoms with van der Waals surface area (Å²) in [5, 5.41) is 4.17. The maximum absolute atomic E-state index is 13.7. The van der Waals surface area contributed by atoms with Crippen LogP contribution in [0.5, 0.6) is 17.4 Å². The number of rotatable bonds is 4. The highest BCUT2D eigenvalue weighted by Crippen LogP contribution is 2.33. The first-order valence-corrected chi connectivity index (χ1v) is 6.31. The fraction of sp³-hybridized carbons (Fsp3) is 0.357. The second-order valence-electron chi connectivity index (χ2n) is 4.84. The molecule has 0 radical (unpaired) electrons. The number of hydrogen-bond donors (Lipinski definition) is 1. The molecule has 2 rings (SSSR count). The van der Waals surface area contributed by atoms with Gasteiger partial charge >= 0.3 is 0 Å². The second-order valence-corrected chi connectivity index (χ2v) is 4.84. The lowest BCUT2D eigenvalue weighted by atomic mass is 10.2. The molecule has 0 amide bonds. The standard InChI is InChI=1S/C14H18FN3O2/c1-8(2)19-12-7-13(11(16)6-10(12)15)20-14-5-9(3)17-18(14)4/h5-8H,16H2,1-4H3. The molecule has 0 aliphatic rings. The normalized spacial score (nSPS) is 10.9. The third kappa shape index (κ3) is 3.01. The highest BCUT2D eigenvalue weighted by molar-refractivity contribution is 5.57. The summed E-state index contributed by atoms with van der Waals surface area (Å²) in [6.45, 7) is 5.50. The van der Waals surface area contributed by atoms with E-state index in [2.05, 4.69) is 5.10 Å². The Bertz CT molecular complexity index is 623. The van der Waals surface area contributed by atoms with E-state index in [9.17, 15) is 4.39 Å². The zero-order chi connectivity index (χ0) is 14.9. The van der Waals surface area contributed by atoms with Crippen LogP contribution in [-0.4, -0.2) is 15.9 Å². The highest BCUT2D eigenvalue weighted by atomic mass is 19.1. The van der Waals surface area contributed by atoms with Gasteiger partial charge in [-0.2, -0.15) is 5.10 Å². The van der Waals surface area contributed by atoms with Crippen LogP contribution in [0.1, 0.15) is 19.5 Å². The molecular formula is C14H18FN3O2. The lowest BCUT2D eigenvalue weighted by Crippen LogP contribution is -2.08. The first-order valence-electron chi connectivity index (χ1n) is 6.31. The smallest absolute Gasteiger partial charge is 0.217 e. The summed E-state index contributed by atoms with van der Waals surface area (Å²) >= 11 is 0. The molecule has 5 nitrogen and oxygen atoms in total. The van der Waals surface area contributed by atoms with Crippen LogP contribution in [0.4, 0.5) is 10.1 Å². The molecule has 0 atom stereocenters. The number of benzene rings is 1. The summed E-state index contributed by atoms with van der Waals surface area (Å²) in [6.07, 6.45) is -0.139. The fourth-order valence-corrected chi connectivity index (χ4v) is 1.78. The summed E-state index contributed by atoms with van der Waals surface area (Å²) in [5.41, 5.74) is 6.80. The lowest BCUT2D eigenvalue weighted by Gasteiger charge is -2.14. The van der Waals surface area contributed by atoms with Gasteiger partial charge in [0, 0.05) is 25.2 Å². The molecule has 2 N–H and O–H groups in total. The molecule has 6 heteroatoms.